The minimum atomic E-state index is -0.574. The van der Waals surface area contributed by atoms with Gasteiger partial charge in [-0.25, -0.2) is 9.69 Å². The van der Waals surface area contributed by atoms with Crippen LogP contribution in [-0.2, 0) is 4.79 Å². The van der Waals surface area contributed by atoms with Gasteiger partial charge in [0.1, 0.15) is 11.8 Å². The Bertz CT molecular complexity index is 917. The number of urea groups is 1. The Morgan fingerprint density at radius 1 is 1.21 bits per heavy atom. The third kappa shape index (κ3) is 3.17. The molecule has 2 fully saturated rings. The summed E-state index contributed by atoms with van der Waals surface area (Å²) in [5, 5.41) is 2.96. The molecule has 3 heterocycles. The quantitative estimate of drug-likeness (QED) is 0.817. The lowest BCUT2D eigenvalue weighted by Crippen LogP contribution is -2.49. The van der Waals surface area contributed by atoms with E-state index in [-0.39, 0.29) is 23.9 Å². The van der Waals surface area contributed by atoms with E-state index in [2.05, 4.69) is 10.3 Å². The average molecular weight is 380 g/mol. The number of fused-ring (bicyclic) bond motifs is 1. The molecule has 0 saturated carbocycles. The maximum atomic E-state index is 13.0. The average Bonchev–Trinajstić information content (AvgIpc) is 2.98. The molecule has 28 heavy (non-hydrogen) atoms. The molecule has 144 valence electrons. The Kier molecular flexibility index (Phi) is 4.68. The number of methoxy groups -OCH3 is 1. The Labute approximate surface area is 162 Å². The van der Waals surface area contributed by atoms with Gasteiger partial charge < -0.3 is 15.0 Å². The molecule has 4 amide bonds. The van der Waals surface area contributed by atoms with Gasteiger partial charge >= 0.3 is 6.03 Å². The highest BCUT2D eigenvalue weighted by atomic mass is 16.5. The molecule has 8 heteroatoms. The van der Waals surface area contributed by atoms with E-state index in [1.54, 1.807) is 53.7 Å². The monoisotopic (exact) mass is 380 g/mol. The molecule has 8 nitrogen and oxygen atoms in total. The number of carbonyl (C=O) groups is 3. The summed E-state index contributed by atoms with van der Waals surface area (Å²) in [6.45, 7) is 0.414. The van der Waals surface area contributed by atoms with E-state index in [1.165, 1.54) is 12.0 Å². The number of pyridine rings is 1. The normalized spacial score (nSPS) is 21.5. The van der Waals surface area contributed by atoms with E-state index >= 15 is 0 Å². The number of benzene rings is 1. The Hall–Kier alpha value is -3.42. The Balaban J connectivity index is 1.49. The fourth-order valence-corrected chi connectivity index (χ4v) is 3.69. The van der Waals surface area contributed by atoms with E-state index in [9.17, 15) is 14.4 Å². The van der Waals surface area contributed by atoms with Gasteiger partial charge in [-0.1, -0.05) is 6.07 Å². The second-order valence-corrected chi connectivity index (χ2v) is 6.80. The summed E-state index contributed by atoms with van der Waals surface area (Å²) >= 11 is 0. The number of nitrogens with one attached hydrogen (secondary N) is 1. The molecule has 4 rings (SSSR count). The lowest BCUT2D eigenvalue weighted by molar-refractivity contribution is -0.120. The van der Waals surface area contributed by atoms with Gasteiger partial charge in [0.05, 0.1) is 12.8 Å². The summed E-state index contributed by atoms with van der Waals surface area (Å²) in [5.41, 5.74) is 1.00. The van der Waals surface area contributed by atoms with Crippen molar-refractivity contribution < 1.29 is 19.1 Å². The fourth-order valence-electron chi connectivity index (χ4n) is 3.69. The smallest absolute Gasteiger partial charge is 0.332 e. The predicted molar refractivity (Wildman–Crippen MR) is 101 cm³/mol. The van der Waals surface area contributed by atoms with Gasteiger partial charge in [-0.3, -0.25) is 14.6 Å². The molecule has 2 aliphatic heterocycles. The molecule has 1 aromatic carbocycles. The van der Waals surface area contributed by atoms with Crippen LogP contribution in [0.5, 0.6) is 5.75 Å². The zero-order valence-electron chi connectivity index (χ0n) is 15.4. The first-order valence-corrected chi connectivity index (χ1v) is 9.08. The van der Waals surface area contributed by atoms with Crippen molar-refractivity contribution in [2.75, 3.05) is 18.6 Å². The van der Waals surface area contributed by atoms with Crippen molar-refractivity contribution in [1.29, 1.82) is 0 Å². The van der Waals surface area contributed by atoms with Crippen LogP contribution in [0, 0.1) is 0 Å². The van der Waals surface area contributed by atoms with Crippen molar-refractivity contribution in [3.05, 3.63) is 54.4 Å². The summed E-state index contributed by atoms with van der Waals surface area (Å²) in [6, 6.07) is 9.06. The third-order valence-corrected chi connectivity index (χ3v) is 5.13. The standard InChI is InChI=1S/C20H20N4O4/c1-28-16-4-2-3-15(12-16)24-19(26)17-11-14(7-10-23(17)20(24)27)22-18(25)13-5-8-21-9-6-13/h2-6,8-9,12,14,17H,7,10-11H2,1H3,(H,22,25)/t14-,17-/m0/s1. The van der Waals surface area contributed by atoms with Gasteiger partial charge in [0.2, 0.25) is 0 Å². The lowest BCUT2D eigenvalue weighted by atomic mass is 9.97. The van der Waals surface area contributed by atoms with E-state index in [4.69, 9.17) is 4.74 Å². The number of ether oxygens (including phenoxy) is 1. The number of imide groups is 1. The summed E-state index contributed by atoms with van der Waals surface area (Å²) < 4.78 is 5.19. The number of hydrogen-bond acceptors (Lipinski definition) is 5. The molecular weight excluding hydrogens is 360 g/mol. The summed E-state index contributed by atoms with van der Waals surface area (Å²) in [4.78, 5) is 44.8. The molecule has 1 N–H and O–H groups in total. The minimum absolute atomic E-state index is 0.177. The molecular formula is C20H20N4O4. The first-order chi connectivity index (χ1) is 13.6. The molecule has 0 unspecified atom stereocenters. The van der Waals surface area contributed by atoms with E-state index in [1.807, 2.05) is 0 Å². The number of rotatable bonds is 4. The molecule has 2 atom stereocenters. The van der Waals surface area contributed by atoms with Gasteiger partial charge in [0.15, 0.2) is 0 Å². The molecule has 0 radical (unpaired) electrons. The lowest BCUT2D eigenvalue weighted by Gasteiger charge is -2.32. The van der Waals surface area contributed by atoms with Crippen LogP contribution >= 0.6 is 0 Å². The fraction of sp³-hybridized carbons (Fsp3) is 0.300. The zero-order chi connectivity index (χ0) is 19.7. The van der Waals surface area contributed by atoms with Gasteiger partial charge in [-0.05, 0) is 37.1 Å². The van der Waals surface area contributed by atoms with Gasteiger partial charge in [0.25, 0.3) is 11.8 Å². The number of amides is 4. The molecule has 0 bridgehead atoms. The number of nitrogens with zero attached hydrogens (tertiary/aromatic N) is 3. The SMILES string of the molecule is COc1cccc(N2C(=O)[C@@H]3C[C@@H](NC(=O)c4ccncc4)CCN3C2=O)c1. The van der Waals surface area contributed by atoms with E-state index in [0.717, 1.165) is 0 Å². The van der Waals surface area contributed by atoms with Crippen molar-refractivity contribution >= 4 is 23.5 Å². The first-order valence-electron chi connectivity index (χ1n) is 9.08. The van der Waals surface area contributed by atoms with Crippen LogP contribution in [0.3, 0.4) is 0 Å². The van der Waals surface area contributed by atoms with Crippen LogP contribution in [0.1, 0.15) is 23.2 Å². The Morgan fingerprint density at radius 3 is 2.75 bits per heavy atom. The van der Waals surface area contributed by atoms with Gasteiger partial charge in [-0.2, -0.15) is 0 Å². The van der Waals surface area contributed by atoms with Gasteiger partial charge in [-0.15, -0.1) is 0 Å². The first kappa shape index (κ1) is 18.0. The summed E-state index contributed by atoms with van der Waals surface area (Å²) in [6.07, 6.45) is 4.10. The molecule has 2 aliphatic rings. The number of carbonyl (C=O) groups excluding carboxylic acids is 3. The van der Waals surface area contributed by atoms with Gasteiger partial charge in [0, 0.05) is 36.6 Å². The summed E-state index contributed by atoms with van der Waals surface area (Å²) in [5.74, 6) is 0.0915. The molecule has 2 aromatic rings. The number of hydrogen-bond donors (Lipinski definition) is 1. The van der Waals surface area contributed by atoms with E-state index < -0.39 is 6.04 Å². The van der Waals surface area contributed by atoms with Crippen LogP contribution in [0.15, 0.2) is 48.8 Å². The highest BCUT2D eigenvalue weighted by molar-refractivity contribution is 6.21. The maximum Gasteiger partial charge on any atom is 0.332 e. The summed E-state index contributed by atoms with van der Waals surface area (Å²) in [7, 11) is 1.53. The topological polar surface area (TPSA) is 91.8 Å². The highest BCUT2D eigenvalue weighted by Crippen LogP contribution is 2.32. The molecule has 0 aliphatic carbocycles. The van der Waals surface area contributed by atoms with Crippen LogP contribution in [-0.4, -0.2) is 53.5 Å². The second-order valence-electron chi connectivity index (χ2n) is 6.80. The van der Waals surface area contributed by atoms with Crippen LogP contribution in [0.25, 0.3) is 0 Å². The van der Waals surface area contributed by atoms with Crippen molar-refractivity contribution in [3.8, 4) is 5.75 Å². The minimum Gasteiger partial charge on any atom is -0.497 e. The van der Waals surface area contributed by atoms with Crippen molar-refractivity contribution in [1.82, 2.24) is 15.2 Å². The largest absolute Gasteiger partial charge is 0.497 e. The van der Waals surface area contributed by atoms with Crippen LogP contribution in [0.2, 0.25) is 0 Å². The highest BCUT2D eigenvalue weighted by Gasteiger charge is 2.48. The molecule has 1 aromatic heterocycles. The third-order valence-electron chi connectivity index (χ3n) is 5.13. The Morgan fingerprint density at radius 2 is 2.00 bits per heavy atom. The van der Waals surface area contributed by atoms with Crippen LogP contribution < -0.4 is 15.0 Å². The van der Waals surface area contributed by atoms with Crippen molar-refractivity contribution in [2.24, 2.45) is 0 Å². The maximum absolute atomic E-state index is 13.0. The van der Waals surface area contributed by atoms with E-state index in [0.29, 0.717) is 36.4 Å². The zero-order valence-corrected chi connectivity index (χ0v) is 15.4. The number of aromatic nitrogens is 1. The number of piperidine rings is 1. The molecule has 0 spiro atoms. The van der Waals surface area contributed by atoms with Crippen molar-refractivity contribution in [2.45, 2.75) is 24.9 Å². The number of anilines is 1. The second kappa shape index (κ2) is 7.30. The van der Waals surface area contributed by atoms with Crippen molar-refractivity contribution in [3.63, 3.8) is 0 Å². The predicted octanol–water partition coefficient (Wildman–Crippen LogP) is 1.82. The molecule has 2 saturated heterocycles. The van der Waals surface area contributed by atoms with Crippen LogP contribution in [0.4, 0.5) is 10.5 Å².